The van der Waals surface area contributed by atoms with Crippen molar-refractivity contribution in [1.29, 1.82) is 5.41 Å². The number of carbonyl (C=O) groups excluding carboxylic acids is 1. The molecule has 6 aliphatic rings. The Morgan fingerprint density at radius 2 is 2.00 bits per heavy atom. The Labute approximate surface area is 156 Å². The average molecular weight is 354 g/mol. The molecule has 3 heteroatoms. The molecule has 140 valence electrons. The zero-order chi connectivity index (χ0) is 17.8. The van der Waals surface area contributed by atoms with Gasteiger partial charge in [0.1, 0.15) is 5.60 Å². The van der Waals surface area contributed by atoms with Gasteiger partial charge in [-0.25, -0.2) is 0 Å². The van der Waals surface area contributed by atoms with Gasteiger partial charge in [0.05, 0.1) is 0 Å². The van der Waals surface area contributed by atoms with Gasteiger partial charge in [0.25, 0.3) is 0 Å². The number of hydrogen-bond acceptors (Lipinski definition) is 3. The minimum absolute atomic E-state index is 0.0464. The van der Waals surface area contributed by atoms with Crippen LogP contribution >= 0.6 is 0 Å². The van der Waals surface area contributed by atoms with Gasteiger partial charge in [0.2, 0.25) is 0 Å². The molecule has 1 saturated heterocycles. The Kier molecular flexibility index (Phi) is 2.95. The summed E-state index contributed by atoms with van der Waals surface area (Å²) in [4.78, 5) is 12.1. The molecular weight excluding hydrogens is 322 g/mol. The number of allylic oxidation sites excluding steroid dienone is 2. The molecule has 0 radical (unpaired) electrons. The Morgan fingerprint density at radius 1 is 1.15 bits per heavy atom. The highest BCUT2D eigenvalue weighted by molar-refractivity contribution is 5.94. The number of carbonyl (C=O) groups is 1. The molecule has 6 rings (SSSR count). The van der Waals surface area contributed by atoms with Gasteiger partial charge in [-0.2, -0.15) is 0 Å². The second-order valence-electron chi connectivity index (χ2n) is 10.7. The minimum Gasteiger partial charge on any atom is -0.458 e. The lowest BCUT2D eigenvalue weighted by Gasteiger charge is -2.56. The van der Waals surface area contributed by atoms with Crippen LogP contribution in [-0.2, 0) is 9.53 Å². The first-order chi connectivity index (χ1) is 12.4. The second kappa shape index (κ2) is 4.83. The first-order valence-corrected chi connectivity index (χ1v) is 10.9. The molecule has 5 aliphatic carbocycles. The molecule has 4 saturated carbocycles. The largest absolute Gasteiger partial charge is 0.458 e. The SMILES string of the molecule is C[C@H]1CC2(CCC(=O)O2)C2(C)CCC3C4CCC(=N)C=C4C4CC4C3C12. The van der Waals surface area contributed by atoms with E-state index in [0.717, 1.165) is 60.5 Å². The average Bonchev–Trinajstić information content (AvgIpc) is 3.27. The van der Waals surface area contributed by atoms with E-state index in [-0.39, 0.29) is 17.0 Å². The second-order valence-corrected chi connectivity index (χ2v) is 10.7. The number of rotatable bonds is 0. The molecule has 0 bridgehead atoms. The maximum atomic E-state index is 12.1. The van der Waals surface area contributed by atoms with Crippen LogP contribution in [0.3, 0.4) is 0 Å². The Bertz CT molecular complexity index is 740. The van der Waals surface area contributed by atoms with Crippen LogP contribution in [0, 0.1) is 52.2 Å². The first kappa shape index (κ1) is 15.9. The van der Waals surface area contributed by atoms with Crippen LogP contribution in [0.5, 0.6) is 0 Å². The molecule has 0 aromatic carbocycles. The topological polar surface area (TPSA) is 50.2 Å². The summed E-state index contributed by atoms with van der Waals surface area (Å²) in [6.07, 6.45) is 11.0. The maximum absolute atomic E-state index is 12.1. The monoisotopic (exact) mass is 353 g/mol. The lowest BCUT2D eigenvalue weighted by Crippen LogP contribution is -2.53. The van der Waals surface area contributed by atoms with Crippen LogP contribution < -0.4 is 0 Å². The smallest absolute Gasteiger partial charge is 0.306 e. The fraction of sp³-hybridized carbons (Fsp3) is 0.826. The van der Waals surface area contributed by atoms with Crippen molar-refractivity contribution < 1.29 is 9.53 Å². The minimum atomic E-state index is -0.158. The van der Waals surface area contributed by atoms with Gasteiger partial charge in [-0.15, -0.1) is 0 Å². The molecule has 26 heavy (non-hydrogen) atoms. The van der Waals surface area contributed by atoms with Gasteiger partial charge in [0.15, 0.2) is 0 Å². The van der Waals surface area contributed by atoms with E-state index in [2.05, 4.69) is 19.9 Å². The molecule has 5 fully saturated rings. The quantitative estimate of drug-likeness (QED) is 0.639. The molecule has 0 aromatic heterocycles. The van der Waals surface area contributed by atoms with Gasteiger partial charge in [0, 0.05) is 17.5 Å². The van der Waals surface area contributed by atoms with E-state index < -0.39 is 0 Å². The van der Waals surface area contributed by atoms with Gasteiger partial charge < -0.3 is 10.1 Å². The van der Waals surface area contributed by atoms with Gasteiger partial charge in [-0.1, -0.05) is 19.4 Å². The Balaban J connectivity index is 1.40. The van der Waals surface area contributed by atoms with Crippen molar-refractivity contribution in [2.45, 2.75) is 70.8 Å². The Morgan fingerprint density at radius 3 is 2.77 bits per heavy atom. The summed E-state index contributed by atoms with van der Waals surface area (Å²) in [6, 6.07) is 0. The summed E-state index contributed by atoms with van der Waals surface area (Å²) in [5.74, 6) is 5.49. The van der Waals surface area contributed by atoms with E-state index in [0.29, 0.717) is 12.3 Å². The number of fused-ring (bicyclic) bond motifs is 9. The molecule has 1 spiro atoms. The van der Waals surface area contributed by atoms with Crippen molar-refractivity contribution in [2.24, 2.45) is 46.8 Å². The molecule has 9 atom stereocenters. The van der Waals surface area contributed by atoms with Crippen molar-refractivity contribution in [3.63, 3.8) is 0 Å². The fourth-order valence-corrected chi connectivity index (χ4v) is 8.88. The third-order valence-corrected chi connectivity index (χ3v) is 9.76. The van der Waals surface area contributed by atoms with E-state index in [1.807, 2.05) is 0 Å². The van der Waals surface area contributed by atoms with E-state index in [4.69, 9.17) is 10.1 Å². The third kappa shape index (κ3) is 1.76. The molecule has 8 unspecified atom stereocenters. The van der Waals surface area contributed by atoms with Crippen LogP contribution in [0.2, 0.25) is 0 Å². The predicted molar refractivity (Wildman–Crippen MR) is 99.8 cm³/mol. The molecule has 1 N–H and O–H groups in total. The van der Waals surface area contributed by atoms with Crippen LogP contribution in [0.1, 0.15) is 65.2 Å². The molecular formula is C23H31NO2. The first-order valence-electron chi connectivity index (χ1n) is 10.9. The van der Waals surface area contributed by atoms with Gasteiger partial charge >= 0.3 is 5.97 Å². The predicted octanol–water partition coefficient (Wildman–Crippen LogP) is 4.76. The van der Waals surface area contributed by atoms with Crippen molar-refractivity contribution in [2.75, 3.05) is 0 Å². The lowest BCUT2D eigenvalue weighted by molar-refractivity contribution is -0.166. The van der Waals surface area contributed by atoms with E-state index in [1.165, 1.54) is 25.7 Å². The molecule has 1 aliphatic heterocycles. The molecule has 0 aromatic rings. The normalized spacial score (nSPS) is 57.0. The van der Waals surface area contributed by atoms with Crippen molar-refractivity contribution in [3.8, 4) is 0 Å². The van der Waals surface area contributed by atoms with Crippen LogP contribution in [-0.4, -0.2) is 17.3 Å². The van der Waals surface area contributed by atoms with Gasteiger partial charge in [-0.05, 0) is 92.4 Å². The summed E-state index contributed by atoms with van der Waals surface area (Å²) in [6.45, 7) is 4.93. The van der Waals surface area contributed by atoms with Crippen LogP contribution in [0.4, 0.5) is 0 Å². The number of ether oxygens (including phenoxy) is 1. The number of esters is 1. The zero-order valence-corrected chi connectivity index (χ0v) is 16.1. The van der Waals surface area contributed by atoms with E-state index >= 15 is 0 Å². The van der Waals surface area contributed by atoms with Crippen LogP contribution in [0.25, 0.3) is 0 Å². The zero-order valence-electron chi connectivity index (χ0n) is 16.1. The molecule has 1 heterocycles. The fourth-order valence-electron chi connectivity index (χ4n) is 8.88. The molecule has 0 amide bonds. The van der Waals surface area contributed by atoms with Crippen molar-refractivity contribution >= 4 is 11.7 Å². The highest BCUT2D eigenvalue weighted by atomic mass is 16.6. The van der Waals surface area contributed by atoms with Gasteiger partial charge in [-0.3, -0.25) is 4.79 Å². The Hall–Kier alpha value is -1.12. The molecule has 3 nitrogen and oxygen atoms in total. The summed E-state index contributed by atoms with van der Waals surface area (Å²) in [7, 11) is 0. The number of hydrogen-bond donors (Lipinski definition) is 1. The summed E-state index contributed by atoms with van der Waals surface area (Å²) in [5.41, 5.74) is 2.56. The summed E-state index contributed by atoms with van der Waals surface area (Å²) in [5, 5.41) is 8.14. The third-order valence-electron chi connectivity index (χ3n) is 9.76. The van der Waals surface area contributed by atoms with E-state index in [1.54, 1.807) is 5.57 Å². The summed E-state index contributed by atoms with van der Waals surface area (Å²) < 4.78 is 6.12. The highest BCUT2D eigenvalue weighted by Crippen LogP contribution is 2.74. The summed E-state index contributed by atoms with van der Waals surface area (Å²) >= 11 is 0. The highest BCUT2D eigenvalue weighted by Gasteiger charge is 2.71. The van der Waals surface area contributed by atoms with Crippen molar-refractivity contribution in [3.05, 3.63) is 11.6 Å². The maximum Gasteiger partial charge on any atom is 0.306 e. The lowest BCUT2D eigenvalue weighted by atomic mass is 9.49. The van der Waals surface area contributed by atoms with Crippen molar-refractivity contribution in [1.82, 2.24) is 0 Å². The van der Waals surface area contributed by atoms with Crippen LogP contribution in [0.15, 0.2) is 11.6 Å². The number of nitrogens with one attached hydrogen (secondary N) is 1. The standard InChI is InChI=1S/C23H31NO2/c1-12-11-23(8-6-19(25)26-23)22(2)7-5-15-14-4-3-13(24)9-16(14)17-10-18(17)20(15)21(12)22/h9,12,14-15,17-18,20-21,24H,3-8,10-11H2,1-2H3/t12-,14?,15?,17?,18?,20?,21?,22?,23?/m0/s1. The van der Waals surface area contributed by atoms with E-state index in [9.17, 15) is 4.79 Å².